The van der Waals surface area contributed by atoms with Crippen molar-refractivity contribution in [1.82, 2.24) is 9.88 Å². The van der Waals surface area contributed by atoms with E-state index < -0.39 is 0 Å². The zero-order chi connectivity index (χ0) is 16.3. The van der Waals surface area contributed by atoms with Crippen LogP contribution in [0.5, 0.6) is 0 Å². The van der Waals surface area contributed by atoms with E-state index in [0.29, 0.717) is 5.02 Å². The van der Waals surface area contributed by atoms with E-state index in [9.17, 15) is 9.59 Å². The molecule has 0 bridgehead atoms. The molecule has 0 spiro atoms. The van der Waals surface area contributed by atoms with Crippen LogP contribution < -0.4 is 10.9 Å². The number of rotatable bonds is 5. The standard InChI is InChI=1S/C16H19ClN2O2S/c1-4-10(2)18-15(20)9-22-14-8-16(21)19(3)13-6-5-11(17)7-12(13)14/h5-8,10H,4,9H2,1-3H3,(H,18,20)/t10-/m1/s1. The number of fused-ring (bicyclic) bond motifs is 1. The second-order valence-electron chi connectivity index (χ2n) is 5.23. The maximum absolute atomic E-state index is 12.0. The van der Waals surface area contributed by atoms with Gasteiger partial charge in [0.1, 0.15) is 0 Å². The van der Waals surface area contributed by atoms with Gasteiger partial charge in [0.25, 0.3) is 5.56 Å². The van der Waals surface area contributed by atoms with Crippen molar-refractivity contribution in [2.24, 2.45) is 7.05 Å². The van der Waals surface area contributed by atoms with Crippen LogP contribution in [-0.2, 0) is 11.8 Å². The minimum Gasteiger partial charge on any atom is -0.353 e. The molecule has 1 amide bonds. The predicted octanol–water partition coefficient (Wildman–Crippen LogP) is 3.20. The van der Waals surface area contributed by atoms with Crippen molar-refractivity contribution in [2.75, 3.05) is 5.75 Å². The minimum absolute atomic E-state index is 0.0322. The van der Waals surface area contributed by atoms with Crippen molar-refractivity contribution >= 4 is 40.2 Å². The Morgan fingerprint density at radius 1 is 1.41 bits per heavy atom. The van der Waals surface area contributed by atoms with Crippen LogP contribution in [0.2, 0.25) is 5.02 Å². The molecule has 0 saturated carbocycles. The largest absolute Gasteiger partial charge is 0.353 e. The highest BCUT2D eigenvalue weighted by atomic mass is 35.5. The van der Waals surface area contributed by atoms with Gasteiger partial charge in [0, 0.05) is 34.5 Å². The Hall–Kier alpha value is -1.46. The molecule has 1 N–H and O–H groups in total. The lowest BCUT2D eigenvalue weighted by molar-refractivity contribution is -0.119. The van der Waals surface area contributed by atoms with E-state index in [1.54, 1.807) is 23.7 Å². The summed E-state index contributed by atoms with van der Waals surface area (Å²) in [5.74, 6) is 0.245. The number of pyridine rings is 1. The van der Waals surface area contributed by atoms with Gasteiger partial charge in [0.15, 0.2) is 0 Å². The lowest BCUT2D eigenvalue weighted by Gasteiger charge is -2.12. The van der Waals surface area contributed by atoms with Crippen LogP contribution >= 0.6 is 23.4 Å². The number of aromatic nitrogens is 1. The fourth-order valence-electron chi connectivity index (χ4n) is 2.08. The van der Waals surface area contributed by atoms with Gasteiger partial charge in [-0.2, -0.15) is 0 Å². The summed E-state index contributed by atoms with van der Waals surface area (Å²) in [6.45, 7) is 3.99. The van der Waals surface area contributed by atoms with E-state index in [1.165, 1.54) is 11.8 Å². The van der Waals surface area contributed by atoms with E-state index in [4.69, 9.17) is 11.6 Å². The summed E-state index contributed by atoms with van der Waals surface area (Å²) in [7, 11) is 1.72. The first-order valence-electron chi connectivity index (χ1n) is 7.13. The molecule has 6 heteroatoms. The summed E-state index contributed by atoms with van der Waals surface area (Å²) >= 11 is 7.42. The van der Waals surface area contributed by atoms with Crippen molar-refractivity contribution in [3.63, 3.8) is 0 Å². The fraction of sp³-hybridized carbons (Fsp3) is 0.375. The van der Waals surface area contributed by atoms with E-state index in [-0.39, 0.29) is 23.3 Å². The second kappa shape index (κ2) is 7.20. The number of nitrogens with zero attached hydrogens (tertiary/aromatic N) is 1. The maximum Gasteiger partial charge on any atom is 0.251 e. The number of carbonyl (C=O) groups excluding carboxylic acids is 1. The van der Waals surface area contributed by atoms with Gasteiger partial charge in [0.05, 0.1) is 11.3 Å². The Balaban J connectivity index is 2.28. The van der Waals surface area contributed by atoms with Crippen LogP contribution in [0.15, 0.2) is 34.0 Å². The molecular formula is C16H19ClN2O2S. The predicted molar refractivity (Wildman–Crippen MR) is 92.8 cm³/mol. The van der Waals surface area contributed by atoms with Crippen molar-refractivity contribution in [3.05, 3.63) is 39.6 Å². The molecule has 1 aromatic carbocycles. The molecule has 0 aliphatic rings. The normalized spacial score (nSPS) is 12.4. The minimum atomic E-state index is -0.0975. The smallest absolute Gasteiger partial charge is 0.251 e. The van der Waals surface area contributed by atoms with Crippen LogP contribution in [0.4, 0.5) is 0 Å². The number of aryl methyl sites for hydroxylation is 1. The van der Waals surface area contributed by atoms with Gasteiger partial charge < -0.3 is 9.88 Å². The highest BCUT2D eigenvalue weighted by molar-refractivity contribution is 8.00. The van der Waals surface area contributed by atoms with Gasteiger partial charge in [-0.1, -0.05) is 18.5 Å². The third-order valence-electron chi connectivity index (χ3n) is 3.55. The summed E-state index contributed by atoms with van der Waals surface area (Å²) in [4.78, 5) is 24.7. The summed E-state index contributed by atoms with van der Waals surface area (Å²) in [5.41, 5.74) is 0.710. The van der Waals surface area contributed by atoms with E-state index in [2.05, 4.69) is 5.32 Å². The van der Waals surface area contributed by atoms with E-state index >= 15 is 0 Å². The number of benzene rings is 1. The first-order chi connectivity index (χ1) is 10.4. The van der Waals surface area contributed by atoms with Crippen molar-refractivity contribution in [2.45, 2.75) is 31.2 Å². The van der Waals surface area contributed by atoms with Gasteiger partial charge >= 0.3 is 0 Å². The quantitative estimate of drug-likeness (QED) is 0.852. The lowest BCUT2D eigenvalue weighted by atomic mass is 10.2. The molecular weight excluding hydrogens is 320 g/mol. The molecule has 0 aliphatic heterocycles. The number of carbonyl (C=O) groups is 1. The molecule has 1 aromatic heterocycles. The average Bonchev–Trinajstić information content (AvgIpc) is 2.49. The van der Waals surface area contributed by atoms with Crippen LogP contribution in [-0.4, -0.2) is 22.3 Å². The number of hydrogen-bond acceptors (Lipinski definition) is 3. The molecule has 4 nitrogen and oxygen atoms in total. The molecule has 118 valence electrons. The molecule has 22 heavy (non-hydrogen) atoms. The van der Waals surface area contributed by atoms with Crippen LogP contribution in [0.3, 0.4) is 0 Å². The van der Waals surface area contributed by atoms with Crippen molar-refractivity contribution in [1.29, 1.82) is 0 Å². The molecule has 2 aromatic rings. The summed E-state index contributed by atoms with van der Waals surface area (Å²) in [6.07, 6.45) is 0.890. The van der Waals surface area contributed by atoms with Crippen LogP contribution in [0, 0.1) is 0 Å². The first kappa shape index (κ1) is 16.9. The highest BCUT2D eigenvalue weighted by Gasteiger charge is 2.11. The SMILES string of the molecule is CC[C@@H](C)NC(=O)CSc1cc(=O)n(C)c2ccc(Cl)cc12. The zero-order valence-electron chi connectivity index (χ0n) is 12.9. The molecule has 0 fully saturated rings. The summed E-state index contributed by atoms with van der Waals surface area (Å²) in [5, 5.41) is 4.41. The lowest BCUT2D eigenvalue weighted by Crippen LogP contribution is -2.33. The molecule has 0 unspecified atom stereocenters. The number of amides is 1. The Labute approximate surface area is 138 Å². The van der Waals surface area contributed by atoms with E-state index in [0.717, 1.165) is 22.2 Å². The monoisotopic (exact) mass is 338 g/mol. The topological polar surface area (TPSA) is 51.1 Å². The van der Waals surface area contributed by atoms with Gasteiger partial charge in [-0.25, -0.2) is 0 Å². The van der Waals surface area contributed by atoms with Crippen molar-refractivity contribution < 1.29 is 4.79 Å². The Bertz CT molecular complexity index is 758. The van der Waals surface area contributed by atoms with E-state index in [1.807, 2.05) is 26.0 Å². The van der Waals surface area contributed by atoms with Crippen molar-refractivity contribution in [3.8, 4) is 0 Å². The Morgan fingerprint density at radius 3 is 2.82 bits per heavy atom. The van der Waals surface area contributed by atoms with Gasteiger partial charge in [-0.3, -0.25) is 9.59 Å². The Kier molecular flexibility index (Phi) is 5.53. The number of hydrogen-bond donors (Lipinski definition) is 1. The van der Waals surface area contributed by atoms with Gasteiger partial charge in [-0.05, 0) is 31.5 Å². The third kappa shape index (κ3) is 3.84. The fourth-order valence-corrected chi connectivity index (χ4v) is 3.13. The van der Waals surface area contributed by atoms with Gasteiger partial charge in [0.2, 0.25) is 5.91 Å². The number of nitrogens with one attached hydrogen (secondary N) is 1. The summed E-state index contributed by atoms with van der Waals surface area (Å²) < 4.78 is 1.58. The second-order valence-corrected chi connectivity index (χ2v) is 6.69. The summed E-state index contributed by atoms with van der Waals surface area (Å²) in [6, 6.07) is 7.11. The zero-order valence-corrected chi connectivity index (χ0v) is 14.4. The number of halogens is 1. The number of thioether (sulfide) groups is 1. The van der Waals surface area contributed by atoms with Crippen LogP contribution in [0.25, 0.3) is 10.9 Å². The molecule has 1 atom stereocenters. The molecule has 0 saturated heterocycles. The van der Waals surface area contributed by atoms with Gasteiger partial charge in [-0.15, -0.1) is 11.8 Å². The Morgan fingerprint density at radius 2 is 2.14 bits per heavy atom. The first-order valence-corrected chi connectivity index (χ1v) is 8.50. The third-order valence-corrected chi connectivity index (χ3v) is 4.84. The van der Waals surface area contributed by atoms with Crippen LogP contribution in [0.1, 0.15) is 20.3 Å². The molecule has 1 heterocycles. The highest BCUT2D eigenvalue weighted by Crippen LogP contribution is 2.28. The maximum atomic E-state index is 12.0. The molecule has 2 rings (SSSR count). The average molecular weight is 339 g/mol. The molecule has 0 aliphatic carbocycles. The molecule has 0 radical (unpaired) electrons.